The molecule has 0 unspecified atom stereocenters. The molecule has 0 fully saturated rings. The molecule has 1 N–H and O–H groups in total. The van der Waals surface area contributed by atoms with Crippen molar-refractivity contribution in [3.8, 4) is 5.69 Å². The van der Waals surface area contributed by atoms with Gasteiger partial charge in [0.05, 0.1) is 28.7 Å². The molecule has 0 aliphatic carbocycles. The maximum absolute atomic E-state index is 12.9. The number of alkyl halides is 3. The third-order valence-corrected chi connectivity index (χ3v) is 3.63. The number of carbonyl (C=O) groups excluding carboxylic acids is 1. The van der Waals surface area contributed by atoms with Crippen LogP contribution in [0.15, 0.2) is 42.7 Å². The molecule has 6 nitrogen and oxygen atoms in total. The van der Waals surface area contributed by atoms with E-state index in [1.165, 1.54) is 27.7 Å². The van der Waals surface area contributed by atoms with Crippen molar-refractivity contribution in [2.24, 2.45) is 7.05 Å². The fourth-order valence-electron chi connectivity index (χ4n) is 2.37. The van der Waals surface area contributed by atoms with E-state index >= 15 is 0 Å². The van der Waals surface area contributed by atoms with E-state index in [4.69, 9.17) is 0 Å². The van der Waals surface area contributed by atoms with Crippen LogP contribution in [-0.4, -0.2) is 25.5 Å². The lowest BCUT2D eigenvalue weighted by Crippen LogP contribution is -2.14. The van der Waals surface area contributed by atoms with Crippen LogP contribution < -0.4 is 5.32 Å². The molecule has 0 saturated carbocycles. The molecule has 0 atom stereocenters. The van der Waals surface area contributed by atoms with Gasteiger partial charge >= 0.3 is 6.18 Å². The van der Waals surface area contributed by atoms with Crippen molar-refractivity contribution in [1.82, 2.24) is 19.6 Å². The number of aryl methyl sites for hydroxylation is 1. The summed E-state index contributed by atoms with van der Waals surface area (Å²) in [5.74, 6) is -0.0619. The van der Waals surface area contributed by atoms with Gasteiger partial charge in [-0.3, -0.25) is 9.48 Å². The number of hydrogen-bond donors (Lipinski definition) is 1. The quantitative estimate of drug-likeness (QED) is 0.790. The lowest BCUT2D eigenvalue weighted by Gasteiger charge is -2.10. The standard InChI is InChI=1S/C16H14F3N5O/c1-10-13(15(25)21-14-6-7-23(2)22-14)9-20-24(10)12-5-3-4-11(8-12)16(17,18)19/h3-9H,1-2H3,(H,21,22,25). The van der Waals surface area contributed by atoms with Crippen molar-refractivity contribution in [1.29, 1.82) is 0 Å². The smallest absolute Gasteiger partial charge is 0.305 e. The fourth-order valence-corrected chi connectivity index (χ4v) is 2.37. The third-order valence-electron chi connectivity index (χ3n) is 3.63. The molecular formula is C16H14F3N5O. The normalized spacial score (nSPS) is 11.6. The Bertz CT molecular complexity index is 926. The van der Waals surface area contributed by atoms with Crippen LogP contribution in [0.25, 0.3) is 5.69 Å². The summed E-state index contributed by atoms with van der Waals surface area (Å²) < 4.78 is 41.4. The van der Waals surface area contributed by atoms with Gasteiger partial charge in [-0.1, -0.05) is 6.07 Å². The fraction of sp³-hybridized carbons (Fsp3) is 0.188. The zero-order chi connectivity index (χ0) is 18.2. The maximum atomic E-state index is 12.9. The summed E-state index contributed by atoms with van der Waals surface area (Å²) in [5, 5.41) is 10.7. The summed E-state index contributed by atoms with van der Waals surface area (Å²) in [4.78, 5) is 12.3. The molecule has 1 amide bonds. The molecule has 25 heavy (non-hydrogen) atoms. The molecule has 0 radical (unpaired) electrons. The molecule has 130 valence electrons. The molecule has 2 heterocycles. The van der Waals surface area contributed by atoms with Gasteiger partial charge in [0.15, 0.2) is 5.82 Å². The third kappa shape index (κ3) is 3.39. The summed E-state index contributed by atoms with van der Waals surface area (Å²) in [6.45, 7) is 1.61. The van der Waals surface area contributed by atoms with Gasteiger partial charge in [-0.25, -0.2) is 4.68 Å². The van der Waals surface area contributed by atoms with E-state index in [-0.39, 0.29) is 11.3 Å². The van der Waals surface area contributed by atoms with E-state index < -0.39 is 17.6 Å². The first kappa shape index (κ1) is 16.7. The maximum Gasteiger partial charge on any atom is 0.416 e. The van der Waals surface area contributed by atoms with Gasteiger partial charge in [-0.2, -0.15) is 23.4 Å². The molecule has 2 aromatic heterocycles. The van der Waals surface area contributed by atoms with Gasteiger partial charge in [0.1, 0.15) is 0 Å². The number of nitrogens with zero attached hydrogens (tertiary/aromatic N) is 4. The van der Waals surface area contributed by atoms with Gasteiger partial charge in [0.25, 0.3) is 5.91 Å². The lowest BCUT2D eigenvalue weighted by molar-refractivity contribution is -0.137. The second-order valence-corrected chi connectivity index (χ2v) is 5.43. The monoisotopic (exact) mass is 349 g/mol. The van der Waals surface area contributed by atoms with Gasteiger partial charge in [-0.15, -0.1) is 0 Å². The minimum Gasteiger partial charge on any atom is -0.305 e. The Morgan fingerprint density at radius 2 is 2.00 bits per heavy atom. The Balaban J connectivity index is 1.90. The molecule has 0 bridgehead atoms. The molecule has 0 spiro atoms. The number of anilines is 1. The highest BCUT2D eigenvalue weighted by molar-refractivity contribution is 6.04. The molecule has 1 aromatic carbocycles. The van der Waals surface area contributed by atoms with Gasteiger partial charge in [0.2, 0.25) is 0 Å². The number of benzene rings is 1. The first-order chi connectivity index (χ1) is 11.8. The van der Waals surface area contributed by atoms with Crippen molar-refractivity contribution in [3.05, 3.63) is 59.5 Å². The number of halogens is 3. The Morgan fingerprint density at radius 1 is 1.24 bits per heavy atom. The SMILES string of the molecule is Cc1c(C(=O)Nc2ccn(C)n2)cnn1-c1cccc(C(F)(F)F)c1. The van der Waals surface area contributed by atoms with E-state index in [1.54, 1.807) is 26.2 Å². The first-order valence-electron chi connectivity index (χ1n) is 7.29. The number of aromatic nitrogens is 4. The summed E-state index contributed by atoms with van der Waals surface area (Å²) in [6.07, 6.45) is -1.46. The van der Waals surface area contributed by atoms with E-state index in [0.717, 1.165) is 12.1 Å². The number of nitrogens with one attached hydrogen (secondary N) is 1. The predicted molar refractivity (Wildman–Crippen MR) is 84.5 cm³/mol. The van der Waals surface area contributed by atoms with E-state index in [0.29, 0.717) is 11.5 Å². The van der Waals surface area contributed by atoms with Crippen molar-refractivity contribution in [2.45, 2.75) is 13.1 Å². The first-order valence-corrected chi connectivity index (χ1v) is 7.29. The molecule has 0 saturated heterocycles. The van der Waals surface area contributed by atoms with Crippen LogP contribution in [0.1, 0.15) is 21.6 Å². The van der Waals surface area contributed by atoms with E-state index in [1.807, 2.05) is 0 Å². The van der Waals surface area contributed by atoms with Crippen LogP contribution in [0, 0.1) is 6.92 Å². The summed E-state index contributed by atoms with van der Waals surface area (Å²) in [6, 6.07) is 6.39. The van der Waals surface area contributed by atoms with Crippen LogP contribution in [0.3, 0.4) is 0 Å². The van der Waals surface area contributed by atoms with Crippen LogP contribution in [0.2, 0.25) is 0 Å². The molecule has 0 aliphatic heterocycles. The summed E-state index contributed by atoms with van der Waals surface area (Å²) in [5.41, 5.74) is 0.124. The molecule has 0 aliphatic rings. The predicted octanol–water partition coefficient (Wildman–Crippen LogP) is 3.19. The number of hydrogen-bond acceptors (Lipinski definition) is 3. The van der Waals surface area contributed by atoms with Gasteiger partial charge in [-0.05, 0) is 25.1 Å². The largest absolute Gasteiger partial charge is 0.416 e. The topological polar surface area (TPSA) is 64.7 Å². The number of rotatable bonds is 3. The summed E-state index contributed by atoms with van der Waals surface area (Å²) >= 11 is 0. The average molecular weight is 349 g/mol. The molecule has 3 aromatic rings. The zero-order valence-electron chi connectivity index (χ0n) is 13.4. The molecule has 9 heteroatoms. The Labute approximate surface area is 140 Å². The Morgan fingerprint density at radius 3 is 2.64 bits per heavy atom. The van der Waals surface area contributed by atoms with Crippen LogP contribution >= 0.6 is 0 Å². The molecular weight excluding hydrogens is 335 g/mol. The highest BCUT2D eigenvalue weighted by Gasteiger charge is 2.30. The molecule has 3 rings (SSSR count). The van der Waals surface area contributed by atoms with Crippen LogP contribution in [0.5, 0.6) is 0 Å². The van der Waals surface area contributed by atoms with E-state index in [2.05, 4.69) is 15.5 Å². The van der Waals surface area contributed by atoms with Gasteiger partial charge in [0, 0.05) is 19.3 Å². The average Bonchev–Trinajstić information content (AvgIpc) is 3.12. The second-order valence-electron chi connectivity index (χ2n) is 5.43. The van der Waals surface area contributed by atoms with E-state index in [9.17, 15) is 18.0 Å². The van der Waals surface area contributed by atoms with Crippen molar-refractivity contribution in [2.75, 3.05) is 5.32 Å². The second kappa shape index (κ2) is 6.08. The zero-order valence-corrected chi connectivity index (χ0v) is 13.4. The van der Waals surface area contributed by atoms with Crippen molar-refractivity contribution in [3.63, 3.8) is 0 Å². The Kier molecular flexibility index (Phi) is 4.07. The van der Waals surface area contributed by atoms with Crippen molar-refractivity contribution >= 4 is 11.7 Å². The van der Waals surface area contributed by atoms with Crippen molar-refractivity contribution < 1.29 is 18.0 Å². The number of amides is 1. The van der Waals surface area contributed by atoms with Crippen LogP contribution in [-0.2, 0) is 13.2 Å². The Hall–Kier alpha value is -3.10. The minimum atomic E-state index is -4.45. The summed E-state index contributed by atoms with van der Waals surface area (Å²) in [7, 11) is 1.71. The van der Waals surface area contributed by atoms with Crippen LogP contribution in [0.4, 0.5) is 19.0 Å². The highest BCUT2D eigenvalue weighted by atomic mass is 19.4. The minimum absolute atomic E-state index is 0.226. The number of carbonyl (C=O) groups is 1. The van der Waals surface area contributed by atoms with Gasteiger partial charge < -0.3 is 5.32 Å². The highest BCUT2D eigenvalue weighted by Crippen LogP contribution is 2.30. The lowest BCUT2D eigenvalue weighted by atomic mass is 10.2.